The summed E-state index contributed by atoms with van der Waals surface area (Å²) >= 11 is 0. The largest absolute Gasteiger partial charge is 0.505 e. The molecule has 0 aliphatic heterocycles. The first-order valence-corrected chi connectivity index (χ1v) is 38.0. The van der Waals surface area contributed by atoms with Gasteiger partial charge in [0, 0.05) is 110 Å². The maximum Gasteiger partial charge on any atom is 0.234 e. The van der Waals surface area contributed by atoms with Crippen LogP contribution in [0.5, 0.6) is 23.0 Å². The Morgan fingerprint density at radius 1 is 0.227 bits per heavy atom. The molecule has 1 aliphatic rings. The number of hydrogen-bond acceptors (Lipinski definition) is 19. The van der Waals surface area contributed by atoms with Crippen LogP contribution in [0.1, 0.15) is 125 Å². The van der Waals surface area contributed by atoms with E-state index in [1.807, 2.05) is 189 Å². The summed E-state index contributed by atoms with van der Waals surface area (Å²) in [5, 5.41) is 78.6. The van der Waals surface area contributed by atoms with Gasteiger partial charge in [0.25, 0.3) is 0 Å². The highest BCUT2D eigenvalue weighted by molar-refractivity contribution is 6.53. The van der Waals surface area contributed by atoms with E-state index in [0.29, 0.717) is 82.7 Å². The van der Waals surface area contributed by atoms with Crippen LogP contribution in [0.25, 0.3) is 97.3 Å². The van der Waals surface area contributed by atoms with Crippen molar-refractivity contribution in [3.8, 4) is 34.1 Å². The maximum atomic E-state index is 12.4. The number of hydrogen-bond donors (Lipinski definition) is 9. The number of Topliss-reactive ketones (excluding diaryl/α,β-unsaturated/α-hetero) is 2. The van der Waals surface area contributed by atoms with Crippen LogP contribution < -0.4 is 26.6 Å². The molecule has 0 bridgehead atoms. The second-order valence-electron chi connectivity index (χ2n) is 33.9. The van der Waals surface area contributed by atoms with Crippen molar-refractivity contribution in [2.24, 2.45) is 47.8 Å². The minimum absolute atomic E-state index is 0.0115. The molecule has 14 aromatic carbocycles. The lowest BCUT2D eigenvalue weighted by atomic mass is 9.83. The van der Waals surface area contributed by atoms with E-state index in [4.69, 9.17) is 0 Å². The number of aromatic hydroxyl groups is 4. The van der Waals surface area contributed by atoms with Crippen molar-refractivity contribution in [2.45, 2.75) is 104 Å². The zero-order chi connectivity index (χ0) is 86.7. The lowest BCUT2D eigenvalue weighted by Gasteiger charge is -2.21. The van der Waals surface area contributed by atoms with E-state index in [9.17, 15) is 73.6 Å². The van der Waals surface area contributed by atoms with Crippen molar-refractivity contribution < 1.29 is 54.0 Å². The summed E-state index contributed by atoms with van der Waals surface area (Å²) in [4.78, 5) is 130. The summed E-state index contributed by atoms with van der Waals surface area (Å²) in [6.45, 7) is 27.3. The van der Waals surface area contributed by atoms with Gasteiger partial charge in [0.05, 0.1) is 0 Å². The minimum atomic E-state index is -0.539. The van der Waals surface area contributed by atoms with Crippen LogP contribution in [0.2, 0.25) is 0 Å². The molecule has 0 aromatic heterocycles. The Kier molecular flexibility index (Phi) is 24.2. The fourth-order valence-corrected chi connectivity index (χ4v) is 13.1. The smallest absolute Gasteiger partial charge is 0.234 e. The number of ketones is 2. The van der Waals surface area contributed by atoms with Crippen molar-refractivity contribution in [1.29, 1.82) is 0 Å². The Hall–Kier alpha value is -14.6. The predicted molar refractivity (Wildman–Crippen MR) is 475 cm³/mol. The average Bonchev–Trinajstić information content (AvgIpc) is 0.780. The van der Waals surface area contributed by atoms with Crippen LogP contribution in [0, 0.1) is 46.7 Å². The van der Waals surface area contributed by atoms with E-state index in [1.165, 1.54) is 0 Å². The number of phenolic OH excluding ortho intramolecular Hbond substituents is 4. The molecule has 119 heavy (non-hydrogen) atoms. The van der Waals surface area contributed by atoms with Gasteiger partial charge in [0.1, 0.15) is 0 Å². The fourth-order valence-electron chi connectivity index (χ4n) is 13.1. The first-order chi connectivity index (χ1) is 56.1. The van der Waals surface area contributed by atoms with E-state index >= 15 is 0 Å². The molecular weight excluding hydrogens is 1510 g/mol. The number of carbonyl (C=O) groups is 7. The summed E-state index contributed by atoms with van der Waals surface area (Å²) < 4.78 is 0. The van der Waals surface area contributed by atoms with Gasteiger partial charge >= 0.3 is 0 Å². The van der Waals surface area contributed by atoms with Gasteiger partial charge in [-0.1, -0.05) is 256 Å². The van der Waals surface area contributed by atoms with Crippen molar-refractivity contribution in [1.82, 2.24) is 0 Å². The second-order valence-corrected chi connectivity index (χ2v) is 33.9. The Balaban J connectivity index is 0.000000146. The molecule has 9 N–H and O–H groups in total. The lowest BCUT2D eigenvalue weighted by molar-refractivity contribution is -0.123. The minimum Gasteiger partial charge on any atom is -0.505 e. The van der Waals surface area contributed by atoms with Crippen molar-refractivity contribution in [3.63, 3.8) is 0 Å². The van der Waals surface area contributed by atoms with Crippen LogP contribution in [-0.4, -0.2) is 61.5 Å². The lowest BCUT2D eigenvalue weighted by Crippen LogP contribution is -2.28. The first kappa shape index (κ1) is 85.3. The summed E-state index contributed by atoms with van der Waals surface area (Å²) in [6, 6.07) is 62.4. The van der Waals surface area contributed by atoms with Crippen LogP contribution in [0.3, 0.4) is 0 Å². The maximum absolute atomic E-state index is 12.4. The van der Waals surface area contributed by atoms with Crippen LogP contribution >= 0.6 is 0 Å². The van der Waals surface area contributed by atoms with Crippen molar-refractivity contribution in [3.05, 3.63) is 243 Å². The molecular formula is C95H89N9O15. The van der Waals surface area contributed by atoms with E-state index in [2.05, 4.69) is 47.3 Å². The van der Waals surface area contributed by atoms with Gasteiger partial charge in [-0.05, 0) is 136 Å². The molecule has 5 amide bonds. The number of nitroso groups, excluding NO2 is 4. The van der Waals surface area contributed by atoms with Gasteiger partial charge in [-0.2, -0.15) is 0 Å². The number of benzene rings is 14. The number of phenols is 4. The molecule has 15 rings (SSSR count). The Labute approximate surface area is 684 Å². The summed E-state index contributed by atoms with van der Waals surface area (Å²) in [7, 11) is 0. The summed E-state index contributed by atoms with van der Waals surface area (Å²) in [5.41, 5.74) is 2.30. The third-order valence-electron chi connectivity index (χ3n) is 19.9. The van der Waals surface area contributed by atoms with Crippen molar-refractivity contribution in [2.75, 3.05) is 26.6 Å². The van der Waals surface area contributed by atoms with Gasteiger partial charge in [0.15, 0.2) is 45.7 Å². The summed E-state index contributed by atoms with van der Waals surface area (Å²) in [5.74, 6) is -2.35. The highest BCUT2D eigenvalue weighted by Crippen LogP contribution is 2.49. The van der Waals surface area contributed by atoms with Crippen molar-refractivity contribution >= 4 is 178 Å². The van der Waals surface area contributed by atoms with Gasteiger partial charge in [-0.25, -0.2) is 0 Å². The van der Waals surface area contributed by atoms with E-state index in [1.54, 1.807) is 127 Å². The SMILES string of the molecule is CC(C)(C)C(=O)Nc1ccc2c(c1)C(=O)C(=O)c1ccccc1-2.CC(C)(C)C(=O)Nc1ccc2c(c1)c(N=O)c(O)c1ccccc12.CC(C)(C)C(=O)Nc1ccc2c(c1)c(N=O)c(O)c1ccccc12.CC(C)(C)C(=O)Nc1ccc2c(c1)c(O)c(N=O)c1ccccc12.CC(C)(C)C(=O)Nc1ccc2c(c1)c(O)c(N=O)c1ccccc12. The van der Waals surface area contributed by atoms with E-state index < -0.39 is 38.6 Å². The molecule has 0 fully saturated rings. The van der Waals surface area contributed by atoms with Crippen LogP contribution in [0.4, 0.5) is 51.2 Å². The number of nitrogens with zero attached hydrogens (tertiary/aromatic N) is 4. The van der Waals surface area contributed by atoms with E-state index in [-0.39, 0.29) is 75.3 Å². The van der Waals surface area contributed by atoms with Gasteiger partial charge in [-0.15, -0.1) is 19.6 Å². The molecule has 0 saturated heterocycles. The number of carbonyl (C=O) groups excluding carboxylic acids is 7. The second kappa shape index (κ2) is 33.7. The highest BCUT2D eigenvalue weighted by Gasteiger charge is 2.32. The molecule has 604 valence electrons. The van der Waals surface area contributed by atoms with E-state index in [0.717, 1.165) is 54.2 Å². The Bertz CT molecular complexity index is 6240. The molecule has 0 radical (unpaired) electrons. The number of nitrogens with one attached hydrogen (secondary N) is 5. The fraction of sp³-hybridized carbons (Fsp3) is 0.211. The van der Waals surface area contributed by atoms with Gasteiger partial charge in [0.2, 0.25) is 41.1 Å². The highest BCUT2D eigenvalue weighted by atomic mass is 16.3. The molecule has 0 spiro atoms. The monoisotopic (exact) mass is 1600 g/mol. The third kappa shape index (κ3) is 18.0. The molecule has 0 saturated carbocycles. The number of fused-ring (bicyclic) bond motifs is 15. The third-order valence-corrected chi connectivity index (χ3v) is 19.9. The normalized spacial score (nSPS) is 12.0. The zero-order valence-electron chi connectivity index (χ0n) is 68.3. The molecule has 24 nitrogen and oxygen atoms in total. The predicted octanol–water partition coefficient (Wildman–Crippen LogP) is 24.0. The number of rotatable bonds is 9. The number of anilines is 5. The number of amides is 5. The average molecular weight is 1600 g/mol. The van der Waals surface area contributed by atoms with Crippen LogP contribution in [-0.2, 0) is 24.0 Å². The summed E-state index contributed by atoms with van der Waals surface area (Å²) in [6.07, 6.45) is 0. The molecule has 0 atom stereocenters. The van der Waals surface area contributed by atoms with Crippen LogP contribution in [0.15, 0.2) is 233 Å². The van der Waals surface area contributed by atoms with Gasteiger partial charge < -0.3 is 47.0 Å². The molecule has 1 aliphatic carbocycles. The molecule has 24 heteroatoms. The molecule has 0 unspecified atom stereocenters. The zero-order valence-corrected chi connectivity index (χ0v) is 68.3. The first-order valence-electron chi connectivity index (χ1n) is 38.0. The quantitative estimate of drug-likeness (QED) is 0.0368. The van der Waals surface area contributed by atoms with Gasteiger partial charge in [-0.3, -0.25) is 33.6 Å². The Morgan fingerprint density at radius 2 is 0.429 bits per heavy atom. The topological polar surface area (TPSA) is 378 Å². The standard InChI is InChI=1S/4C19H18N2O3.C19H17NO3/c2*1-19(2,3)18(23)20-11-8-9-13-12-6-4-5-7-14(12)17(22)16(21-24)15(13)10-11;2*1-19(2,3)18(23)20-11-8-9-13-12-6-4-5-7-14(12)16(21-24)17(22)15(13)10-11;1-19(2,3)18(23)20-11-8-9-13-12-6-4-5-7-14(12)16(21)17(22)15(13)10-11/h4*4-10,22H,1-3H3,(H,20,23);4-10H,1-3H3,(H,20,23). The Morgan fingerprint density at radius 3 is 0.731 bits per heavy atom. The molecule has 0 heterocycles. The molecule has 14 aromatic rings.